The number of sulfone groups is 1. The number of hydrogen-bond acceptors (Lipinski definition) is 13. The predicted molar refractivity (Wildman–Crippen MR) is 267 cm³/mol. The van der Waals surface area contributed by atoms with Crippen LogP contribution in [0.1, 0.15) is 84.7 Å². The van der Waals surface area contributed by atoms with Gasteiger partial charge in [-0.3, -0.25) is 33.2 Å². The molecule has 0 spiro atoms. The fraction of sp³-hybridized carbons (Fsp3) is 0.426. The summed E-state index contributed by atoms with van der Waals surface area (Å²) in [4.78, 5) is 74.4. The van der Waals surface area contributed by atoms with Gasteiger partial charge in [-0.15, -0.1) is 0 Å². The number of carbonyl (C=O) groups is 4. The Morgan fingerprint density at radius 1 is 1.01 bits per heavy atom. The van der Waals surface area contributed by atoms with Crippen LogP contribution in [0.2, 0.25) is 5.02 Å². The summed E-state index contributed by atoms with van der Waals surface area (Å²) in [6, 6.07) is 4.61. The normalized spacial score (nSPS) is 16.5. The number of ether oxygens (including phenoxy) is 1. The second-order valence-electron chi connectivity index (χ2n) is 19.4. The molecule has 22 nitrogen and oxygen atoms in total. The van der Waals surface area contributed by atoms with Gasteiger partial charge in [-0.1, -0.05) is 23.6 Å². The highest BCUT2D eigenvalue weighted by Crippen LogP contribution is 2.68. The number of aliphatic carboxylic acids is 1. The number of pyridine rings is 1. The van der Waals surface area contributed by atoms with E-state index in [0.29, 0.717) is 15.6 Å². The summed E-state index contributed by atoms with van der Waals surface area (Å²) in [5.41, 5.74) is -6.64. The molecule has 36 heteroatoms. The van der Waals surface area contributed by atoms with E-state index in [-0.39, 0.29) is 37.8 Å². The fourth-order valence-electron chi connectivity index (χ4n) is 9.01. The molecular formula is C47H44ClF10N8O14PS2. The first kappa shape index (κ1) is 63.8. The second-order valence-corrected chi connectivity index (χ2v) is 24.5. The van der Waals surface area contributed by atoms with Crippen molar-refractivity contribution in [1.82, 2.24) is 39.1 Å². The molecule has 2 aromatic carbocycles. The van der Waals surface area contributed by atoms with E-state index >= 15 is 8.78 Å². The monoisotopic (exact) mass is 1260 g/mol. The Hall–Kier alpha value is -6.73. The Morgan fingerprint density at radius 2 is 1.66 bits per heavy atom. The SMILES string of the molecule is CC(C)(C#Cc1ccc(-c2ccc(Cl)c3c(CN(C(=O)CCCN(CC(=O)O)C(=O)OCOP(=O)(O)O)S(=O)O)nn(CC(F)(F)F)c23)c(C(Cc2cc(F)cc(F)c2)NC(=O)Cn2nc(C(F)(F)F)c3c2C(F)(F)[C@@H]2C[C@H]32)n1)S(C)(=O)=O. The van der Waals surface area contributed by atoms with E-state index in [1.807, 2.05) is 0 Å². The highest BCUT2D eigenvalue weighted by atomic mass is 35.5. The second kappa shape index (κ2) is 23.7. The minimum Gasteiger partial charge on any atom is -0.480 e. The Kier molecular flexibility index (Phi) is 18.3. The molecule has 2 aliphatic rings. The maximum atomic E-state index is 15.6. The Labute approximate surface area is 469 Å². The third-order valence-electron chi connectivity index (χ3n) is 13.0. The Balaban J connectivity index is 1.35. The highest BCUT2D eigenvalue weighted by Gasteiger charge is 2.68. The third kappa shape index (κ3) is 15.0. The zero-order chi connectivity index (χ0) is 61.7. The van der Waals surface area contributed by atoms with Gasteiger partial charge in [-0.2, -0.15) is 45.3 Å². The van der Waals surface area contributed by atoms with Crippen LogP contribution in [0, 0.1) is 29.4 Å². The van der Waals surface area contributed by atoms with Crippen LogP contribution < -0.4 is 5.32 Å². The van der Waals surface area contributed by atoms with Gasteiger partial charge >= 0.3 is 32.2 Å². The fourth-order valence-corrected chi connectivity index (χ4v) is 10.2. The number of nitrogens with one attached hydrogen (secondary N) is 1. The predicted octanol–water partition coefficient (Wildman–Crippen LogP) is 7.13. The zero-order valence-electron chi connectivity index (χ0n) is 42.8. The third-order valence-corrected chi connectivity index (χ3v) is 16.4. The van der Waals surface area contributed by atoms with Crippen molar-refractivity contribution in [2.24, 2.45) is 5.92 Å². The lowest BCUT2D eigenvalue weighted by molar-refractivity contribution is -0.143. The summed E-state index contributed by atoms with van der Waals surface area (Å²) in [6.45, 7) is -5.12. The van der Waals surface area contributed by atoms with E-state index in [1.165, 1.54) is 13.8 Å². The van der Waals surface area contributed by atoms with Crippen molar-refractivity contribution in [2.45, 2.75) is 94.1 Å². The number of phosphoric ester groups is 1. The maximum Gasteiger partial charge on any atom is 0.472 e. The summed E-state index contributed by atoms with van der Waals surface area (Å²) in [7, 11) is -9.11. The van der Waals surface area contributed by atoms with Crippen LogP contribution >= 0.6 is 19.4 Å². The van der Waals surface area contributed by atoms with Gasteiger partial charge in [0.2, 0.25) is 18.6 Å². The Bertz CT molecular complexity index is 3660. The first-order valence-electron chi connectivity index (χ1n) is 23.8. The topological polar surface area (TPSA) is 303 Å². The molecule has 5 aromatic rings. The summed E-state index contributed by atoms with van der Waals surface area (Å²) < 4.78 is 215. The lowest BCUT2D eigenvalue weighted by atomic mass is 9.93. The lowest BCUT2D eigenvalue weighted by Crippen LogP contribution is -2.38. The van der Waals surface area contributed by atoms with Crippen molar-refractivity contribution in [1.29, 1.82) is 0 Å². The van der Waals surface area contributed by atoms with Crippen LogP contribution in [-0.4, -0.2) is 127 Å². The molecule has 0 bridgehead atoms. The minimum atomic E-state index is -5.26. The average molecular weight is 1270 g/mol. The average Bonchev–Trinajstić information content (AvgIpc) is 1.56. The van der Waals surface area contributed by atoms with Gasteiger partial charge < -0.3 is 24.9 Å². The van der Waals surface area contributed by atoms with Crippen LogP contribution in [0.4, 0.5) is 48.7 Å². The van der Waals surface area contributed by atoms with E-state index in [1.54, 1.807) is 0 Å². The first-order valence-corrected chi connectivity index (χ1v) is 28.7. The number of carboxylic acids is 1. The molecule has 2 aliphatic carbocycles. The van der Waals surface area contributed by atoms with E-state index in [0.717, 1.165) is 42.7 Å². The molecule has 83 heavy (non-hydrogen) atoms. The highest BCUT2D eigenvalue weighted by molar-refractivity contribution is 7.92. The van der Waals surface area contributed by atoms with E-state index < -0.39 is 208 Å². The van der Waals surface area contributed by atoms with Gasteiger partial charge in [-0.25, -0.2) is 44.6 Å². The number of halogens is 11. The molecule has 0 aliphatic heterocycles. The molecule has 2 unspecified atom stereocenters. The van der Waals surface area contributed by atoms with Crippen LogP contribution in [0.5, 0.6) is 0 Å². The molecule has 7 rings (SSSR count). The summed E-state index contributed by atoms with van der Waals surface area (Å²) in [6.07, 6.45) is -13.4. The molecule has 1 saturated carbocycles. The van der Waals surface area contributed by atoms with Gasteiger partial charge in [0.05, 0.1) is 34.5 Å². The number of nitrogens with zero attached hydrogens (tertiary/aromatic N) is 7. The molecule has 5 N–H and O–H groups in total. The number of carbonyl (C=O) groups excluding carboxylic acids is 3. The molecule has 4 atom stereocenters. The van der Waals surface area contributed by atoms with Gasteiger partial charge in [-0.05, 0) is 80.8 Å². The zero-order valence-corrected chi connectivity index (χ0v) is 46.1. The molecule has 0 saturated heterocycles. The summed E-state index contributed by atoms with van der Waals surface area (Å²) in [5, 5.41) is 18.2. The number of aromatic nitrogens is 5. The van der Waals surface area contributed by atoms with Crippen LogP contribution in [0.15, 0.2) is 42.5 Å². The smallest absolute Gasteiger partial charge is 0.472 e. The molecule has 450 valence electrons. The van der Waals surface area contributed by atoms with Crippen molar-refractivity contribution in [3.8, 4) is 23.0 Å². The van der Waals surface area contributed by atoms with E-state index in [9.17, 15) is 81.2 Å². The standard InChI is InChI=1S/C47H44ClF10N8O14PS2/c1-44(2,83(3,77)78)11-10-26-6-7-27(39(59-26)32(15-23-13-24(49)16-25(50)14-23)60-34(67)19-64-42-37(41(62-64)47(56,57)58)29-17-30(29)46(42,54)55)28-8-9-31(48)38-33(61-65(40(28)38)21-45(51,52)53)18-66(82(75)76)35(68)5-4-12-63(20-36(69)70)43(71)79-22-80-81(72,73)74/h6-9,13-14,16,29-30,32H,4-5,12,15,17-22H2,1-3H3,(H,60,67)(H,69,70)(H,75,76)(H2,72,73,74)/t29-,30+,32?/m0/s1. The van der Waals surface area contributed by atoms with Crippen molar-refractivity contribution < 1.29 is 109 Å². The molecule has 0 radical (unpaired) electrons. The summed E-state index contributed by atoms with van der Waals surface area (Å²) in [5.74, 6) is -8.20. The van der Waals surface area contributed by atoms with Crippen LogP contribution in [0.3, 0.4) is 0 Å². The number of amides is 3. The number of phosphoric acid groups is 1. The number of hydrogen-bond donors (Lipinski definition) is 5. The molecule has 3 amide bonds. The molecule has 3 heterocycles. The maximum absolute atomic E-state index is 15.6. The number of benzene rings is 2. The van der Waals surface area contributed by atoms with E-state index in [4.69, 9.17) is 21.4 Å². The number of fused-ring (bicyclic) bond motifs is 4. The van der Waals surface area contributed by atoms with E-state index in [2.05, 4.69) is 41.6 Å². The van der Waals surface area contributed by atoms with Gasteiger partial charge in [0, 0.05) is 53.3 Å². The van der Waals surface area contributed by atoms with Crippen molar-refractivity contribution in [2.75, 3.05) is 26.1 Å². The number of rotatable bonds is 21. The Morgan fingerprint density at radius 3 is 2.25 bits per heavy atom. The quantitative estimate of drug-likeness (QED) is 0.0160. The van der Waals surface area contributed by atoms with Gasteiger partial charge in [0.1, 0.15) is 47.4 Å². The van der Waals surface area contributed by atoms with Gasteiger partial charge in [0.25, 0.3) is 17.2 Å². The lowest BCUT2D eigenvalue weighted by Gasteiger charge is -2.23. The molecule has 3 aromatic heterocycles. The van der Waals surface area contributed by atoms with Crippen molar-refractivity contribution in [3.63, 3.8) is 0 Å². The summed E-state index contributed by atoms with van der Waals surface area (Å²) >= 11 is 3.33. The van der Waals surface area contributed by atoms with Crippen LogP contribution in [-0.2, 0) is 87.5 Å². The number of carboxylic acid groups (broad SMARTS) is 1. The number of alkyl halides is 8. The minimum absolute atomic E-state index is 0.164. The largest absolute Gasteiger partial charge is 0.480 e. The molecule has 1 fully saturated rings. The van der Waals surface area contributed by atoms with Gasteiger partial charge in [0.15, 0.2) is 15.5 Å². The molecular weight excluding hydrogens is 1220 g/mol. The van der Waals surface area contributed by atoms with Crippen molar-refractivity contribution in [3.05, 3.63) is 98.7 Å². The van der Waals surface area contributed by atoms with Crippen LogP contribution in [0.25, 0.3) is 22.0 Å². The van der Waals surface area contributed by atoms with Crippen molar-refractivity contribution >= 4 is 75.3 Å². The first-order chi connectivity index (χ1) is 38.3.